The molecule has 0 N–H and O–H groups in total. The van der Waals surface area contributed by atoms with Crippen LogP contribution in [0.5, 0.6) is 0 Å². The van der Waals surface area contributed by atoms with Crippen LogP contribution in [0, 0.1) is 0 Å². The van der Waals surface area contributed by atoms with E-state index in [1.165, 1.54) is 0 Å². The molecule has 0 rings (SSSR count). The van der Waals surface area contributed by atoms with Crippen LogP contribution in [0.25, 0.3) is 0 Å². The van der Waals surface area contributed by atoms with E-state index in [2.05, 4.69) is 8.37 Å². The van der Waals surface area contributed by atoms with Crippen LogP contribution in [0.1, 0.15) is 6.42 Å². The van der Waals surface area contributed by atoms with Gasteiger partial charge in [-0.05, 0) is 0 Å². The molecule has 0 aliphatic heterocycles. The van der Waals surface area contributed by atoms with Gasteiger partial charge in [0, 0.05) is 0 Å². The molecule has 0 aromatic carbocycles. The highest BCUT2D eigenvalue weighted by Gasteiger charge is 2.34. The van der Waals surface area contributed by atoms with Crippen molar-refractivity contribution in [2.75, 3.05) is 0 Å². The summed E-state index contributed by atoms with van der Waals surface area (Å²) >= 11 is 0. The third-order valence-electron chi connectivity index (χ3n) is 0.805. The van der Waals surface area contributed by atoms with Crippen LogP contribution in [-0.2, 0) is 30.3 Å². The molecule has 0 fully saturated rings. The molecule has 0 atom stereocenters. The maximum absolute atomic E-state index is 11.7. The van der Waals surface area contributed by atoms with Crippen molar-refractivity contribution in [3.63, 3.8) is 0 Å². The Morgan fingerprint density at radius 3 is 1.57 bits per heavy atom. The number of thiol groups is 2. The molecule has 0 aliphatic carbocycles. The van der Waals surface area contributed by atoms with Gasteiger partial charge < -0.3 is 0 Å². The molecular weight excluding hydrogens is 253 g/mol. The Balaban J connectivity index is 4.39. The summed E-state index contributed by atoms with van der Waals surface area (Å²) in [6, 6.07) is 0. The lowest BCUT2D eigenvalue weighted by Crippen LogP contribution is -2.24. The molecule has 0 unspecified atom stereocenters. The highest BCUT2D eigenvalue weighted by Crippen LogP contribution is 2.23. The molecule has 0 heterocycles. The third-order valence-corrected chi connectivity index (χ3v) is 1.62. The van der Waals surface area contributed by atoms with E-state index >= 15 is 0 Å². The minimum Gasteiger partial charge on any atom is -0.238 e. The Bertz CT molecular complexity index is 277. The second-order valence-corrected chi connectivity index (χ2v) is 3.22. The quantitative estimate of drug-likeness (QED) is 0.503. The van der Waals surface area contributed by atoms with Crippen LogP contribution in [0.15, 0.2) is 0 Å². The van der Waals surface area contributed by atoms with Crippen molar-refractivity contribution in [3.05, 3.63) is 0 Å². The summed E-state index contributed by atoms with van der Waals surface area (Å²) in [6.07, 6.45) is -9.02. The van der Waals surface area contributed by atoms with E-state index in [0.717, 1.165) is 0 Å². The summed E-state index contributed by atoms with van der Waals surface area (Å²) in [5, 5.41) is 0. The molecular formula is C3H5F3O6S2. The third kappa shape index (κ3) is 8.22. The van der Waals surface area contributed by atoms with Crippen molar-refractivity contribution < 1.29 is 38.4 Å². The lowest BCUT2D eigenvalue weighted by atomic mass is 10.4. The second-order valence-electron chi connectivity index (χ2n) is 1.91. The first-order chi connectivity index (χ1) is 6.20. The van der Waals surface area contributed by atoms with Crippen molar-refractivity contribution >= 4 is 22.0 Å². The van der Waals surface area contributed by atoms with Gasteiger partial charge in [0.1, 0.15) is 0 Å². The first kappa shape index (κ1) is 13.6. The lowest BCUT2D eigenvalue weighted by Gasteiger charge is -2.12. The summed E-state index contributed by atoms with van der Waals surface area (Å²) in [5.41, 5.74) is 0. The molecule has 11 heteroatoms. The number of alkyl halides is 3. The summed E-state index contributed by atoms with van der Waals surface area (Å²) in [7, 11) is -7.23. The van der Waals surface area contributed by atoms with Gasteiger partial charge in [-0.3, -0.25) is 0 Å². The fourth-order valence-corrected chi connectivity index (χ4v) is 1.16. The van der Waals surface area contributed by atoms with Crippen LogP contribution in [-0.4, -0.2) is 29.3 Å². The van der Waals surface area contributed by atoms with E-state index in [0.29, 0.717) is 0 Å². The second kappa shape index (κ2) is 5.48. The van der Waals surface area contributed by atoms with Gasteiger partial charge in [-0.2, -0.15) is 13.2 Å². The number of hydrogen-bond acceptors (Lipinski definition) is 6. The van der Waals surface area contributed by atoms with Gasteiger partial charge in [0.05, 0.1) is 6.42 Å². The van der Waals surface area contributed by atoms with E-state index in [1.54, 1.807) is 0 Å². The van der Waals surface area contributed by atoms with Crippen molar-refractivity contribution in [2.24, 2.45) is 0 Å². The van der Waals surface area contributed by atoms with Crippen LogP contribution in [0.3, 0.4) is 0 Å². The Labute approximate surface area is 79.9 Å². The largest absolute Gasteiger partial charge is 0.394 e. The molecule has 0 saturated heterocycles. The molecule has 6 nitrogen and oxygen atoms in total. The van der Waals surface area contributed by atoms with Gasteiger partial charge in [0.15, 0.2) is 0 Å². The standard InChI is InChI=1S/C3H5F3O6S2/c4-3(5,6)1-2(11-13(7)8)12-14(9)10/h2,13-14H,1H2. The fourth-order valence-electron chi connectivity index (χ4n) is 0.475. The van der Waals surface area contributed by atoms with Crippen molar-refractivity contribution in [2.45, 2.75) is 18.9 Å². The molecule has 14 heavy (non-hydrogen) atoms. The van der Waals surface area contributed by atoms with Gasteiger partial charge in [-0.25, -0.2) is 25.2 Å². The average molecular weight is 258 g/mol. The first-order valence-corrected chi connectivity index (χ1v) is 5.09. The molecule has 0 spiro atoms. The molecule has 0 radical (unpaired) electrons. The summed E-state index contributed by atoms with van der Waals surface area (Å²) in [4.78, 5) is 0. The van der Waals surface area contributed by atoms with Gasteiger partial charge in [0.2, 0.25) is 6.29 Å². The fraction of sp³-hybridized carbons (Fsp3) is 1.00. The molecule has 0 bridgehead atoms. The maximum atomic E-state index is 11.7. The summed E-state index contributed by atoms with van der Waals surface area (Å²) in [5.74, 6) is 0. The SMILES string of the molecule is O=[SH](=O)OC(CC(F)(F)F)O[SH](=O)=O. The van der Waals surface area contributed by atoms with Crippen LogP contribution < -0.4 is 0 Å². The molecule has 0 aromatic heterocycles. The maximum Gasteiger partial charge on any atom is 0.394 e. The monoisotopic (exact) mass is 258 g/mol. The van der Waals surface area contributed by atoms with E-state index in [9.17, 15) is 30.0 Å². The zero-order valence-corrected chi connectivity index (χ0v) is 8.05. The van der Waals surface area contributed by atoms with Crippen LogP contribution in [0.4, 0.5) is 13.2 Å². The number of hydrogen-bond donors (Lipinski definition) is 2. The van der Waals surface area contributed by atoms with Crippen molar-refractivity contribution in [1.82, 2.24) is 0 Å². The predicted octanol–water partition coefficient (Wildman–Crippen LogP) is -0.649. The smallest absolute Gasteiger partial charge is 0.238 e. The topological polar surface area (TPSA) is 86.7 Å². The zero-order valence-electron chi connectivity index (χ0n) is 6.26. The molecule has 0 aliphatic rings. The average Bonchev–Trinajstić information content (AvgIpc) is 1.77. The van der Waals surface area contributed by atoms with E-state index in [4.69, 9.17) is 0 Å². The van der Waals surface area contributed by atoms with Gasteiger partial charge in [-0.1, -0.05) is 0 Å². The van der Waals surface area contributed by atoms with E-state index < -0.39 is 40.9 Å². The molecule has 0 saturated carbocycles. The predicted molar refractivity (Wildman–Crippen MR) is 37.3 cm³/mol. The Hall–Kier alpha value is -0.390. The van der Waals surface area contributed by atoms with Crippen molar-refractivity contribution in [1.29, 1.82) is 0 Å². The lowest BCUT2D eigenvalue weighted by molar-refractivity contribution is -0.172. The first-order valence-electron chi connectivity index (χ1n) is 2.90. The Morgan fingerprint density at radius 2 is 1.36 bits per heavy atom. The molecule has 86 valence electrons. The summed E-state index contributed by atoms with van der Waals surface area (Å²) in [6.45, 7) is 0. The minimum absolute atomic E-state index is 1.83. The normalized spacial score (nSPS) is 13.0. The highest BCUT2D eigenvalue weighted by atomic mass is 32.2. The van der Waals surface area contributed by atoms with Crippen LogP contribution >= 0.6 is 0 Å². The zero-order chi connectivity index (χ0) is 11.4. The van der Waals surface area contributed by atoms with Crippen LogP contribution in [0.2, 0.25) is 0 Å². The minimum atomic E-state index is -4.79. The number of halogens is 3. The highest BCUT2D eigenvalue weighted by molar-refractivity contribution is 7.67. The van der Waals surface area contributed by atoms with Gasteiger partial charge in [0.25, 0.3) is 22.0 Å². The van der Waals surface area contributed by atoms with Gasteiger partial charge >= 0.3 is 6.18 Å². The molecule has 0 amide bonds. The Morgan fingerprint density at radius 1 is 1.00 bits per heavy atom. The van der Waals surface area contributed by atoms with E-state index in [1.807, 2.05) is 0 Å². The Kier molecular flexibility index (Phi) is 5.33. The van der Waals surface area contributed by atoms with E-state index in [-0.39, 0.29) is 0 Å². The molecule has 0 aromatic rings. The number of rotatable bonds is 5. The van der Waals surface area contributed by atoms with Gasteiger partial charge in [-0.15, -0.1) is 0 Å². The summed E-state index contributed by atoms with van der Waals surface area (Å²) < 4.78 is 81.5. The van der Waals surface area contributed by atoms with Crippen molar-refractivity contribution in [3.8, 4) is 0 Å².